The van der Waals surface area contributed by atoms with Crippen molar-refractivity contribution in [2.45, 2.75) is 6.42 Å². The van der Waals surface area contributed by atoms with E-state index in [4.69, 9.17) is 16.3 Å². The van der Waals surface area contributed by atoms with Crippen molar-refractivity contribution in [3.05, 3.63) is 51.4 Å². The summed E-state index contributed by atoms with van der Waals surface area (Å²) in [4.78, 5) is 26.8. The van der Waals surface area contributed by atoms with Crippen LogP contribution in [-0.4, -0.2) is 42.0 Å². The number of halogens is 1. The topological polar surface area (TPSA) is 76.5 Å². The van der Waals surface area contributed by atoms with E-state index in [9.17, 15) is 9.59 Å². The Morgan fingerprint density at radius 3 is 2.64 bits per heavy atom. The van der Waals surface area contributed by atoms with Gasteiger partial charge in [0.1, 0.15) is 5.69 Å². The molecule has 2 aromatic rings. The van der Waals surface area contributed by atoms with Crippen LogP contribution in [0.1, 0.15) is 5.56 Å². The maximum atomic E-state index is 12.5. The van der Waals surface area contributed by atoms with E-state index in [0.717, 1.165) is 5.56 Å². The van der Waals surface area contributed by atoms with E-state index in [-0.39, 0.29) is 17.9 Å². The second-order valence-electron chi connectivity index (χ2n) is 5.79. The van der Waals surface area contributed by atoms with Crippen LogP contribution in [0.2, 0.25) is 5.02 Å². The number of carbonyl (C=O) groups is 1. The van der Waals surface area contributed by atoms with Gasteiger partial charge in [-0.2, -0.15) is 5.10 Å². The lowest BCUT2D eigenvalue weighted by Crippen LogP contribution is -2.41. The number of nitrogens with one attached hydrogen (secondary N) is 1. The fraction of sp³-hybridized carbons (Fsp3) is 0.353. The van der Waals surface area contributed by atoms with Gasteiger partial charge in [0.25, 0.3) is 5.56 Å². The van der Waals surface area contributed by atoms with Crippen LogP contribution in [0.4, 0.5) is 11.4 Å². The van der Waals surface area contributed by atoms with Crippen molar-refractivity contribution in [2.75, 3.05) is 36.5 Å². The van der Waals surface area contributed by atoms with Gasteiger partial charge in [-0.25, -0.2) is 4.68 Å². The van der Waals surface area contributed by atoms with Gasteiger partial charge in [-0.05, 0) is 17.7 Å². The maximum Gasteiger partial charge on any atom is 0.292 e. The summed E-state index contributed by atoms with van der Waals surface area (Å²) in [5, 5.41) is 7.45. The first-order valence-electron chi connectivity index (χ1n) is 7.98. The number of aryl methyl sites for hydroxylation is 1. The Hall–Kier alpha value is -2.38. The Morgan fingerprint density at radius 1 is 1.28 bits per heavy atom. The highest BCUT2D eigenvalue weighted by molar-refractivity contribution is 6.30. The molecule has 1 aliphatic rings. The molecule has 1 N–H and O–H groups in total. The lowest BCUT2D eigenvalue weighted by molar-refractivity contribution is -0.115. The summed E-state index contributed by atoms with van der Waals surface area (Å²) >= 11 is 5.86. The lowest BCUT2D eigenvalue weighted by atomic mass is 10.1. The number of benzene rings is 1. The smallest absolute Gasteiger partial charge is 0.292 e. The molecule has 0 spiro atoms. The average molecular weight is 363 g/mol. The number of amides is 1. The third kappa shape index (κ3) is 4.18. The quantitative estimate of drug-likeness (QED) is 0.891. The van der Waals surface area contributed by atoms with Crippen LogP contribution < -0.4 is 15.8 Å². The van der Waals surface area contributed by atoms with Crippen molar-refractivity contribution in [1.29, 1.82) is 0 Å². The highest BCUT2D eigenvalue weighted by atomic mass is 35.5. The summed E-state index contributed by atoms with van der Waals surface area (Å²) < 4.78 is 6.60. The van der Waals surface area contributed by atoms with E-state index in [1.54, 1.807) is 31.3 Å². The van der Waals surface area contributed by atoms with Gasteiger partial charge < -0.3 is 15.0 Å². The van der Waals surface area contributed by atoms with Gasteiger partial charge in [0.2, 0.25) is 5.91 Å². The van der Waals surface area contributed by atoms with Crippen LogP contribution in [0.3, 0.4) is 0 Å². The molecule has 0 atom stereocenters. The van der Waals surface area contributed by atoms with Crippen LogP contribution in [0, 0.1) is 0 Å². The van der Waals surface area contributed by atoms with Gasteiger partial charge in [-0.3, -0.25) is 9.59 Å². The number of aromatic nitrogens is 2. The first-order chi connectivity index (χ1) is 12.0. The lowest BCUT2D eigenvalue weighted by Gasteiger charge is -2.29. The number of hydrogen-bond donors (Lipinski definition) is 1. The number of anilines is 2. The molecule has 1 aromatic carbocycles. The van der Waals surface area contributed by atoms with Crippen molar-refractivity contribution in [3.8, 4) is 0 Å². The molecule has 1 saturated heterocycles. The van der Waals surface area contributed by atoms with Crippen LogP contribution in [0.15, 0.2) is 35.3 Å². The standard InChI is InChI=1S/C17H19ClN4O3/c1-21-17(24)16(22-6-8-25-9-7-22)14(11-19-21)20-15(23)10-12-2-4-13(18)5-3-12/h2-5,11H,6-10H2,1H3,(H,20,23). The summed E-state index contributed by atoms with van der Waals surface area (Å²) in [6.07, 6.45) is 1.70. The minimum atomic E-state index is -0.244. The SMILES string of the molecule is Cn1ncc(NC(=O)Cc2ccc(Cl)cc2)c(N2CCOCC2)c1=O. The molecule has 25 heavy (non-hydrogen) atoms. The third-order valence-corrected chi connectivity index (χ3v) is 4.24. The fourth-order valence-electron chi connectivity index (χ4n) is 2.69. The molecule has 1 aromatic heterocycles. The van der Waals surface area contributed by atoms with Gasteiger partial charge in [0, 0.05) is 25.2 Å². The predicted molar refractivity (Wildman–Crippen MR) is 96.3 cm³/mol. The van der Waals surface area contributed by atoms with Gasteiger partial charge in [0.05, 0.1) is 31.5 Å². The molecule has 1 fully saturated rings. The van der Waals surface area contributed by atoms with Crippen LogP contribution in [0.5, 0.6) is 0 Å². The molecule has 1 aliphatic heterocycles. The summed E-state index contributed by atoms with van der Waals surface area (Å²) in [7, 11) is 1.59. The molecule has 132 valence electrons. The van der Waals surface area contributed by atoms with E-state index in [1.165, 1.54) is 10.9 Å². The van der Waals surface area contributed by atoms with Gasteiger partial charge >= 0.3 is 0 Å². The van der Waals surface area contributed by atoms with E-state index < -0.39 is 0 Å². The summed E-state index contributed by atoms with van der Waals surface area (Å²) in [5.74, 6) is -0.216. The Kier molecular flexibility index (Phi) is 5.35. The minimum Gasteiger partial charge on any atom is -0.378 e. The number of ether oxygens (including phenoxy) is 1. The zero-order valence-corrected chi connectivity index (χ0v) is 14.6. The van der Waals surface area contributed by atoms with E-state index >= 15 is 0 Å². The predicted octanol–water partition coefficient (Wildman–Crippen LogP) is 1.45. The fourth-order valence-corrected chi connectivity index (χ4v) is 2.82. The molecule has 0 radical (unpaired) electrons. The zero-order chi connectivity index (χ0) is 17.8. The largest absolute Gasteiger partial charge is 0.378 e. The zero-order valence-electron chi connectivity index (χ0n) is 13.9. The monoisotopic (exact) mass is 362 g/mol. The van der Waals surface area contributed by atoms with E-state index in [1.807, 2.05) is 4.90 Å². The Labute approximate surface area is 150 Å². The molecule has 8 heteroatoms. The van der Waals surface area contributed by atoms with Crippen LogP contribution in [0.25, 0.3) is 0 Å². The number of hydrogen-bond acceptors (Lipinski definition) is 5. The molecular formula is C17H19ClN4O3. The highest BCUT2D eigenvalue weighted by Gasteiger charge is 2.21. The Morgan fingerprint density at radius 2 is 1.96 bits per heavy atom. The van der Waals surface area contributed by atoms with E-state index in [0.29, 0.717) is 42.7 Å². The second-order valence-corrected chi connectivity index (χ2v) is 6.22. The van der Waals surface area contributed by atoms with Crippen molar-refractivity contribution >= 4 is 28.9 Å². The van der Waals surface area contributed by atoms with Crippen molar-refractivity contribution in [2.24, 2.45) is 7.05 Å². The molecule has 0 bridgehead atoms. The summed E-state index contributed by atoms with van der Waals surface area (Å²) in [6, 6.07) is 7.08. The molecule has 7 nitrogen and oxygen atoms in total. The van der Waals surface area contributed by atoms with Crippen LogP contribution >= 0.6 is 11.6 Å². The first-order valence-corrected chi connectivity index (χ1v) is 8.35. The highest BCUT2D eigenvalue weighted by Crippen LogP contribution is 2.21. The summed E-state index contributed by atoms with van der Waals surface area (Å²) in [5.41, 5.74) is 1.46. The maximum absolute atomic E-state index is 12.5. The number of nitrogens with zero attached hydrogens (tertiary/aromatic N) is 3. The summed E-state index contributed by atoms with van der Waals surface area (Å²) in [6.45, 7) is 2.28. The Bertz CT molecular complexity index is 814. The van der Waals surface area contributed by atoms with Gasteiger partial charge in [-0.1, -0.05) is 23.7 Å². The molecular weight excluding hydrogens is 344 g/mol. The first kappa shape index (κ1) is 17.4. The van der Waals surface area contributed by atoms with Crippen LogP contribution in [-0.2, 0) is 23.0 Å². The molecule has 2 heterocycles. The van der Waals surface area contributed by atoms with Crippen molar-refractivity contribution in [1.82, 2.24) is 9.78 Å². The molecule has 0 saturated carbocycles. The Balaban J connectivity index is 1.81. The minimum absolute atomic E-state index is 0.189. The average Bonchev–Trinajstić information content (AvgIpc) is 2.61. The van der Waals surface area contributed by atoms with E-state index in [2.05, 4.69) is 10.4 Å². The second kappa shape index (κ2) is 7.67. The number of morpholine rings is 1. The van der Waals surface area contributed by atoms with Crippen molar-refractivity contribution < 1.29 is 9.53 Å². The molecule has 1 amide bonds. The number of carbonyl (C=O) groups excluding carboxylic acids is 1. The third-order valence-electron chi connectivity index (χ3n) is 3.99. The normalized spacial score (nSPS) is 14.4. The molecule has 3 rings (SSSR count). The molecule has 0 unspecified atom stereocenters. The van der Waals surface area contributed by atoms with Gasteiger partial charge in [0.15, 0.2) is 0 Å². The number of rotatable bonds is 4. The van der Waals surface area contributed by atoms with Crippen molar-refractivity contribution in [3.63, 3.8) is 0 Å². The van der Waals surface area contributed by atoms with Gasteiger partial charge in [-0.15, -0.1) is 0 Å². The molecule has 0 aliphatic carbocycles.